The van der Waals surface area contributed by atoms with Gasteiger partial charge >= 0.3 is 0 Å². The number of hydrogen-bond donors (Lipinski definition) is 2. The minimum Gasteiger partial charge on any atom is -0.459 e. The van der Waals surface area contributed by atoms with E-state index in [1.54, 1.807) is 12.4 Å². The zero-order chi connectivity index (χ0) is 25.8. The van der Waals surface area contributed by atoms with E-state index in [-0.39, 0.29) is 30.9 Å². The number of nitrogens with zero attached hydrogens (tertiary/aromatic N) is 2. The Bertz CT molecular complexity index is 1510. The monoisotopic (exact) mass is 491 g/mol. The molecule has 2 unspecified atom stereocenters. The molecule has 0 saturated heterocycles. The number of carbonyl (C=O) groups excluding carboxylic acids is 1. The highest BCUT2D eigenvalue weighted by molar-refractivity contribution is 5.80. The summed E-state index contributed by atoms with van der Waals surface area (Å²) in [6.45, 7) is 4.04. The fraction of sp³-hybridized carbons (Fsp3) is 0.194. The molecule has 1 amide bonds. The lowest BCUT2D eigenvalue weighted by Gasteiger charge is -2.22. The maximum atomic E-state index is 13.2. The van der Waals surface area contributed by atoms with Gasteiger partial charge < -0.3 is 14.8 Å². The molecule has 0 fully saturated rings. The first-order valence-electron chi connectivity index (χ1n) is 12.3. The molecule has 0 bridgehead atoms. The number of hydrogen-bond acceptors (Lipinski definition) is 5. The van der Waals surface area contributed by atoms with Gasteiger partial charge in [-0.05, 0) is 60.4 Å². The summed E-state index contributed by atoms with van der Waals surface area (Å²) in [5, 5.41) is 13.2. The number of aliphatic hydroxyl groups excluding tert-OH is 1. The second kappa shape index (κ2) is 10.8. The fourth-order valence-corrected chi connectivity index (χ4v) is 4.72. The molecule has 186 valence electrons. The van der Waals surface area contributed by atoms with Gasteiger partial charge in [-0.3, -0.25) is 9.78 Å². The van der Waals surface area contributed by atoms with Crippen LogP contribution in [0.15, 0.2) is 95.7 Å². The Labute approximate surface area is 216 Å². The number of benzene rings is 2. The lowest BCUT2D eigenvalue weighted by atomic mass is 9.93. The van der Waals surface area contributed by atoms with Crippen molar-refractivity contribution < 1.29 is 14.3 Å². The van der Waals surface area contributed by atoms with Gasteiger partial charge in [0.2, 0.25) is 5.91 Å². The maximum Gasteiger partial charge on any atom is 0.226 e. The third kappa shape index (κ3) is 5.44. The number of aliphatic hydroxyl groups is 1. The van der Waals surface area contributed by atoms with Crippen molar-refractivity contribution in [3.63, 3.8) is 0 Å². The van der Waals surface area contributed by atoms with Gasteiger partial charge in [-0.1, -0.05) is 54.1 Å². The quantitative estimate of drug-likeness (QED) is 0.303. The van der Waals surface area contributed by atoms with Crippen LogP contribution in [-0.4, -0.2) is 27.6 Å². The molecule has 5 aromatic rings. The van der Waals surface area contributed by atoms with E-state index >= 15 is 0 Å². The number of aromatic nitrogens is 2. The van der Waals surface area contributed by atoms with Crippen molar-refractivity contribution in [2.45, 2.75) is 32.2 Å². The van der Waals surface area contributed by atoms with Crippen molar-refractivity contribution in [1.29, 1.82) is 0 Å². The summed E-state index contributed by atoms with van der Waals surface area (Å²) in [6.07, 6.45) is 3.52. The molecule has 5 rings (SSSR count). The zero-order valence-corrected chi connectivity index (χ0v) is 20.9. The second-order valence-corrected chi connectivity index (χ2v) is 9.30. The smallest absolute Gasteiger partial charge is 0.226 e. The summed E-state index contributed by atoms with van der Waals surface area (Å²) in [7, 11) is 0. The number of aryl methyl sites for hydroxylation is 2. The van der Waals surface area contributed by atoms with E-state index < -0.39 is 0 Å². The second-order valence-electron chi connectivity index (χ2n) is 9.30. The maximum absolute atomic E-state index is 13.2. The summed E-state index contributed by atoms with van der Waals surface area (Å²) in [5.41, 5.74) is 7.24. The zero-order valence-electron chi connectivity index (χ0n) is 20.9. The van der Waals surface area contributed by atoms with E-state index in [9.17, 15) is 9.90 Å². The molecule has 6 heteroatoms. The number of amides is 1. The number of nitrogens with one attached hydrogen (secondary N) is 1. The van der Waals surface area contributed by atoms with Crippen LogP contribution in [0.4, 0.5) is 0 Å². The Morgan fingerprint density at radius 1 is 0.946 bits per heavy atom. The van der Waals surface area contributed by atoms with Crippen molar-refractivity contribution >= 4 is 17.0 Å². The molecule has 0 aliphatic rings. The summed E-state index contributed by atoms with van der Waals surface area (Å²) >= 11 is 0. The topological polar surface area (TPSA) is 88.2 Å². The Balaban J connectivity index is 1.37. The predicted octanol–water partition coefficient (Wildman–Crippen LogP) is 5.41. The minimum atomic E-state index is -0.312. The molecule has 2 N–H and O–H groups in total. The standard InChI is InChI=1S/C31H29N3O3/c1-20-8-10-25(21(2)16-20)31(23-6-4-3-5-7-23)34-30(36)17-24-9-11-28-27(33-24)18-29(37-28)26(19-35)22-12-14-32-15-13-22/h3-16,18,26,31,35H,17,19H2,1-2H3,(H,34,36). The van der Waals surface area contributed by atoms with Crippen molar-refractivity contribution in [3.8, 4) is 0 Å². The SMILES string of the molecule is Cc1ccc(C(NC(=O)Cc2ccc3oc(C(CO)c4ccncc4)cc3n2)c2ccccc2)c(C)c1. The third-order valence-electron chi connectivity index (χ3n) is 6.60. The van der Waals surface area contributed by atoms with Gasteiger partial charge in [-0.2, -0.15) is 0 Å². The molecule has 2 aromatic carbocycles. The first-order chi connectivity index (χ1) is 18.0. The van der Waals surface area contributed by atoms with Gasteiger partial charge in [0.1, 0.15) is 11.3 Å². The Hall–Kier alpha value is -4.29. The van der Waals surface area contributed by atoms with Crippen LogP contribution < -0.4 is 5.32 Å². The van der Waals surface area contributed by atoms with Crippen molar-refractivity contribution in [2.75, 3.05) is 6.61 Å². The summed E-state index contributed by atoms with van der Waals surface area (Å²) < 4.78 is 6.00. The van der Waals surface area contributed by atoms with Crippen molar-refractivity contribution in [1.82, 2.24) is 15.3 Å². The molecule has 0 spiro atoms. The molecule has 0 aliphatic carbocycles. The summed E-state index contributed by atoms with van der Waals surface area (Å²) in [5.74, 6) is 0.194. The van der Waals surface area contributed by atoms with Crippen LogP contribution in [-0.2, 0) is 11.2 Å². The summed E-state index contributed by atoms with van der Waals surface area (Å²) in [6, 6.07) is 25.2. The largest absolute Gasteiger partial charge is 0.459 e. The van der Waals surface area contributed by atoms with Crippen LogP contribution in [0.1, 0.15) is 51.2 Å². The van der Waals surface area contributed by atoms with E-state index in [1.165, 1.54) is 5.56 Å². The average Bonchev–Trinajstić information content (AvgIpc) is 3.32. The lowest BCUT2D eigenvalue weighted by Crippen LogP contribution is -2.31. The van der Waals surface area contributed by atoms with Crippen LogP contribution in [0.5, 0.6) is 0 Å². The van der Waals surface area contributed by atoms with Crippen molar-refractivity contribution in [2.24, 2.45) is 0 Å². The lowest BCUT2D eigenvalue weighted by molar-refractivity contribution is -0.121. The molecule has 0 saturated carbocycles. The van der Waals surface area contributed by atoms with Gasteiger partial charge in [-0.15, -0.1) is 0 Å². The van der Waals surface area contributed by atoms with E-state index in [4.69, 9.17) is 4.42 Å². The predicted molar refractivity (Wildman–Crippen MR) is 143 cm³/mol. The molecule has 0 radical (unpaired) electrons. The molecule has 0 aliphatic heterocycles. The summed E-state index contributed by atoms with van der Waals surface area (Å²) in [4.78, 5) is 21.9. The van der Waals surface area contributed by atoms with Crippen LogP contribution >= 0.6 is 0 Å². The van der Waals surface area contributed by atoms with Gasteiger partial charge in [0.15, 0.2) is 5.58 Å². The highest BCUT2D eigenvalue weighted by atomic mass is 16.3. The van der Waals surface area contributed by atoms with E-state index in [0.717, 1.165) is 22.3 Å². The number of pyridine rings is 2. The van der Waals surface area contributed by atoms with E-state index in [1.807, 2.05) is 60.7 Å². The molecule has 2 atom stereocenters. The Morgan fingerprint density at radius 2 is 1.73 bits per heavy atom. The molecular formula is C31H29N3O3. The molecule has 3 aromatic heterocycles. The highest BCUT2D eigenvalue weighted by Crippen LogP contribution is 2.29. The Kier molecular flexibility index (Phi) is 7.10. The molecule has 37 heavy (non-hydrogen) atoms. The van der Waals surface area contributed by atoms with Gasteiger partial charge in [-0.25, -0.2) is 4.98 Å². The number of fused-ring (bicyclic) bond motifs is 1. The number of furan rings is 1. The van der Waals surface area contributed by atoms with E-state index in [2.05, 4.69) is 47.3 Å². The molecule has 3 heterocycles. The van der Waals surface area contributed by atoms with Gasteiger partial charge in [0.25, 0.3) is 0 Å². The highest BCUT2D eigenvalue weighted by Gasteiger charge is 2.21. The number of carbonyl (C=O) groups is 1. The van der Waals surface area contributed by atoms with Crippen LogP contribution in [0.3, 0.4) is 0 Å². The normalized spacial score (nSPS) is 12.8. The number of rotatable bonds is 8. The third-order valence-corrected chi connectivity index (χ3v) is 6.60. The minimum absolute atomic E-state index is 0.0988. The van der Waals surface area contributed by atoms with Crippen LogP contribution in [0.25, 0.3) is 11.1 Å². The van der Waals surface area contributed by atoms with Gasteiger partial charge in [0.05, 0.1) is 30.7 Å². The van der Waals surface area contributed by atoms with Crippen LogP contribution in [0.2, 0.25) is 0 Å². The fourth-order valence-electron chi connectivity index (χ4n) is 4.72. The first-order valence-corrected chi connectivity index (χ1v) is 12.3. The Morgan fingerprint density at radius 3 is 2.46 bits per heavy atom. The van der Waals surface area contributed by atoms with Crippen LogP contribution in [0, 0.1) is 13.8 Å². The van der Waals surface area contributed by atoms with E-state index in [0.29, 0.717) is 22.6 Å². The molecular weight excluding hydrogens is 462 g/mol. The first kappa shape index (κ1) is 24.4. The van der Waals surface area contributed by atoms with Crippen molar-refractivity contribution in [3.05, 3.63) is 131 Å². The van der Waals surface area contributed by atoms with Gasteiger partial charge in [0, 0.05) is 18.5 Å². The molecule has 6 nitrogen and oxygen atoms in total. The average molecular weight is 492 g/mol.